The van der Waals surface area contributed by atoms with Crippen molar-refractivity contribution in [2.45, 2.75) is 0 Å². The minimum atomic E-state index is 0.506. The van der Waals surface area contributed by atoms with E-state index in [1.54, 1.807) is 12.4 Å². The molecule has 4 nitrogen and oxygen atoms in total. The SMILES string of the molecule is c1cncc(OCC2=NCCN2)c1. The smallest absolute Gasteiger partial charge is 0.145 e. The first-order valence-electron chi connectivity index (χ1n) is 4.25. The first-order valence-corrected chi connectivity index (χ1v) is 4.25. The van der Waals surface area contributed by atoms with Crippen LogP contribution in [-0.4, -0.2) is 30.5 Å². The highest BCUT2D eigenvalue weighted by Gasteiger charge is 2.04. The van der Waals surface area contributed by atoms with Gasteiger partial charge in [0.1, 0.15) is 18.2 Å². The van der Waals surface area contributed by atoms with Gasteiger partial charge in [-0.3, -0.25) is 9.98 Å². The second-order valence-corrected chi connectivity index (χ2v) is 2.73. The molecule has 2 heterocycles. The van der Waals surface area contributed by atoms with E-state index in [9.17, 15) is 0 Å². The van der Waals surface area contributed by atoms with Crippen molar-refractivity contribution in [1.82, 2.24) is 10.3 Å². The zero-order valence-corrected chi connectivity index (χ0v) is 7.23. The van der Waals surface area contributed by atoms with Crippen LogP contribution in [0.2, 0.25) is 0 Å². The van der Waals surface area contributed by atoms with Gasteiger partial charge in [-0.2, -0.15) is 0 Å². The van der Waals surface area contributed by atoms with E-state index in [2.05, 4.69) is 15.3 Å². The lowest BCUT2D eigenvalue weighted by Crippen LogP contribution is -2.24. The van der Waals surface area contributed by atoms with Crippen LogP contribution >= 0.6 is 0 Å². The summed E-state index contributed by atoms with van der Waals surface area (Å²) in [6.45, 7) is 2.28. The predicted octanol–water partition coefficient (Wildman–Crippen LogP) is 0.462. The van der Waals surface area contributed by atoms with Gasteiger partial charge in [-0.05, 0) is 12.1 Å². The van der Waals surface area contributed by atoms with Crippen LogP contribution in [0.3, 0.4) is 0 Å². The lowest BCUT2D eigenvalue weighted by molar-refractivity contribution is 0.372. The Morgan fingerprint density at radius 3 is 3.23 bits per heavy atom. The third-order valence-corrected chi connectivity index (χ3v) is 1.75. The fraction of sp³-hybridized carbons (Fsp3) is 0.333. The fourth-order valence-corrected chi connectivity index (χ4v) is 1.13. The summed E-state index contributed by atoms with van der Waals surface area (Å²) >= 11 is 0. The average molecular weight is 177 g/mol. The van der Waals surface area contributed by atoms with Gasteiger partial charge in [0, 0.05) is 12.7 Å². The van der Waals surface area contributed by atoms with Gasteiger partial charge < -0.3 is 10.1 Å². The van der Waals surface area contributed by atoms with Crippen molar-refractivity contribution in [2.24, 2.45) is 4.99 Å². The highest BCUT2D eigenvalue weighted by atomic mass is 16.5. The molecule has 1 aliphatic rings. The Morgan fingerprint density at radius 2 is 2.54 bits per heavy atom. The van der Waals surface area contributed by atoms with Crippen LogP contribution < -0.4 is 10.1 Å². The molecule has 1 aliphatic heterocycles. The molecule has 0 spiro atoms. The Kier molecular flexibility index (Phi) is 2.40. The number of ether oxygens (including phenoxy) is 1. The van der Waals surface area contributed by atoms with Crippen molar-refractivity contribution >= 4 is 5.84 Å². The Labute approximate surface area is 76.7 Å². The molecule has 0 fully saturated rings. The van der Waals surface area contributed by atoms with Gasteiger partial charge >= 0.3 is 0 Å². The summed E-state index contributed by atoms with van der Waals surface area (Å²) in [7, 11) is 0. The van der Waals surface area contributed by atoms with Gasteiger partial charge in [0.25, 0.3) is 0 Å². The molecule has 2 rings (SSSR count). The fourth-order valence-electron chi connectivity index (χ4n) is 1.13. The van der Waals surface area contributed by atoms with Crippen LogP contribution in [-0.2, 0) is 0 Å². The molecule has 0 amide bonds. The summed E-state index contributed by atoms with van der Waals surface area (Å²) in [5, 5.41) is 3.13. The van der Waals surface area contributed by atoms with Crippen molar-refractivity contribution in [1.29, 1.82) is 0 Å². The summed E-state index contributed by atoms with van der Waals surface area (Å²) in [5.74, 6) is 1.70. The maximum absolute atomic E-state index is 5.43. The van der Waals surface area contributed by atoms with Crippen LogP contribution in [0.15, 0.2) is 29.5 Å². The zero-order chi connectivity index (χ0) is 8.93. The van der Waals surface area contributed by atoms with Crippen molar-refractivity contribution in [3.63, 3.8) is 0 Å². The topological polar surface area (TPSA) is 46.5 Å². The monoisotopic (exact) mass is 177 g/mol. The molecular weight excluding hydrogens is 166 g/mol. The van der Waals surface area contributed by atoms with Crippen LogP contribution in [0.1, 0.15) is 0 Å². The molecule has 0 aliphatic carbocycles. The van der Waals surface area contributed by atoms with E-state index in [4.69, 9.17) is 4.74 Å². The van der Waals surface area contributed by atoms with Gasteiger partial charge in [0.2, 0.25) is 0 Å². The number of pyridine rings is 1. The first kappa shape index (κ1) is 8.04. The lowest BCUT2D eigenvalue weighted by Gasteiger charge is -2.04. The van der Waals surface area contributed by atoms with Gasteiger partial charge in [-0.15, -0.1) is 0 Å². The minimum absolute atomic E-state index is 0.506. The van der Waals surface area contributed by atoms with Crippen LogP contribution in [0, 0.1) is 0 Å². The van der Waals surface area contributed by atoms with E-state index in [1.165, 1.54) is 0 Å². The number of nitrogens with zero attached hydrogens (tertiary/aromatic N) is 2. The normalized spacial score (nSPS) is 14.9. The van der Waals surface area contributed by atoms with E-state index in [0.29, 0.717) is 6.61 Å². The highest BCUT2D eigenvalue weighted by molar-refractivity contribution is 5.84. The molecule has 0 atom stereocenters. The Balaban J connectivity index is 1.86. The van der Waals surface area contributed by atoms with Gasteiger partial charge in [0.05, 0.1) is 12.7 Å². The summed E-state index contributed by atoms with van der Waals surface area (Å²) in [5.41, 5.74) is 0. The summed E-state index contributed by atoms with van der Waals surface area (Å²) in [6.07, 6.45) is 3.41. The highest BCUT2D eigenvalue weighted by Crippen LogP contribution is 2.05. The molecule has 0 aromatic carbocycles. The number of nitrogens with one attached hydrogen (secondary N) is 1. The molecule has 0 unspecified atom stereocenters. The molecule has 1 aromatic heterocycles. The Bertz CT molecular complexity index is 297. The quantitative estimate of drug-likeness (QED) is 0.729. The van der Waals surface area contributed by atoms with E-state index < -0.39 is 0 Å². The zero-order valence-electron chi connectivity index (χ0n) is 7.23. The number of hydrogen-bond acceptors (Lipinski definition) is 4. The van der Waals surface area contributed by atoms with Crippen molar-refractivity contribution in [3.05, 3.63) is 24.5 Å². The molecule has 1 N–H and O–H groups in total. The Morgan fingerprint density at radius 1 is 1.54 bits per heavy atom. The number of rotatable bonds is 3. The molecule has 68 valence electrons. The maximum Gasteiger partial charge on any atom is 0.145 e. The molecule has 13 heavy (non-hydrogen) atoms. The number of aliphatic imine (C=N–C) groups is 1. The standard InChI is InChI=1S/C9H11N3O/c1-2-8(6-10-3-1)13-7-9-11-4-5-12-9/h1-3,6H,4-5,7H2,(H,11,12). The van der Waals surface area contributed by atoms with Gasteiger partial charge in [-0.25, -0.2) is 0 Å². The van der Waals surface area contributed by atoms with Crippen molar-refractivity contribution in [2.75, 3.05) is 19.7 Å². The average Bonchev–Trinajstić information content (AvgIpc) is 2.69. The van der Waals surface area contributed by atoms with Crippen LogP contribution in [0.25, 0.3) is 0 Å². The summed E-state index contributed by atoms with van der Waals surface area (Å²) in [4.78, 5) is 8.16. The molecule has 1 aromatic rings. The number of hydrogen-bond donors (Lipinski definition) is 1. The van der Waals surface area contributed by atoms with Crippen molar-refractivity contribution in [3.8, 4) is 5.75 Å². The molecule has 0 saturated heterocycles. The maximum atomic E-state index is 5.43. The molecular formula is C9H11N3O. The number of aromatic nitrogens is 1. The minimum Gasteiger partial charge on any atom is -0.484 e. The van der Waals surface area contributed by atoms with E-state index >= 15 is 0 Å². The Hall–Kier alpha value is -1.58. The van der Waals surface area contributed by atoms with Crippen molar-refractivity contribution < 1.29 is 4.74 Å². The molecule has 4 heteroatoms. The molecule has 0 radical (unpaired) electrons. The van der Waals surface area contributed by atoms with E-state index in [0.717, 1.165) is 24.7 Å². The van der Waals surface area contributed by atoms with E-state index in [1.807, 2.05) is 12.1 Å². The second-order valence-electron chi connectivity index (χ2n) is 2.73. The first-order chi connectivity index (χ1) is 6.45. The van der Waals surface area contributed by atoms with E-state index in [-0.39, 0.29) is 0 Å². The van der Waals surface area contributed by atoms with Gasteiger partial charge in [-0.1, -0.05) is 0 Å². The summed E-state index contributed by atoms with van der Waals surface area (Å²) < 4.78 is 5.43. The van der Waals surface area contributed by atoms with Crippen LogP contribution in [0.5, 0.6) is 5.75 Å². The summed E-state index contributed by atoms with van der Waals surface area (Å²) in [6, 6.07) is 3.72. The predicted molar refractivity (Wildman–Crippen MR) is 50.0 cm³/mol. The molecule has 0 saturated carbocycles. The second kappa shape index (κ2) is 3.89. The van der Waals surface area contributed by atoms with Gasteiger partial charge in [0.15, 0.2) is 0 Å². The number of amidine groups is 1. The van der Waals surface area contributed by atoms with Crippen LogP contribution in [0.4, 0.5) is 0 Å². The molecule has 0 bridgehead atoms. The largest absolute Gasteiger partial charge is 0.484 e. The third-order valence-electron chi connectivity index (χ3n) is 1.75. The lowest BCUT2D eigenvalue weighted by atomic mass is 10.5. The third kappa shape index (κ3) is 2.18.